The average Bonchev–Trinajstić information content (AvgIpc) is 3.67. The maximum absolute atomic E-state index is 5.43. The summed E-state index contributed by atoms with van der Waals surface area (Å²) < 4.78 is 0. The van der Waals surface area contributed by atoms with Crippen molar-refractivity contribution in [3.8, 4) is 67.4 Å². The normalized spacial score (nSPS) is 13.1. The fraction of sp³-hybridized carbons (Fsp3) is 0.0167. The number of nitrogens with zero attached hydrogens (tertiary/aromatic N) is 3. The zero-order valence-electron chi connectivity index (χ0n) is 34.6. The van der Waals surface area contributed by atoms with E-state index in [0.29, 0.717) is 5.82 Å². The molecule has 0 radical (unpaired) electrons. The fourth-order valence-electron chi connectivity index (χ4n) is 10.3. The average molecular weight is 832 g/mol. The molecule has 11 aromatic rings. The van der Waals surface area contributed by atoms with Crippen LogP contribution in [0.15, 0.2) is 234 Å². The molecule has 2 aliphatic rings. The number of fused-ring (bicyclic) bond motifs is 13. The highest BCUT2D eigenvalue weighted by Crippen LogP contribution is 2.63. The summed E-state index contributed by atoms with van der Waals surface area (Å²) in [4.78, 5) is 18.3. The van der Waals surface area contributed by atoms with Crippen LogP contribution < -0.4 is 0 Å². The van der Waals surface area contributed by atoms with Crippen molar-refractivity contribution in [2.24, 2.45) is 0 Å². The number of benzene rings is 9. The Kier molecular flexibility index (Phi) is 8.37. The van der Waals surface area contributed by atoms with Crippen LogP contribution in [-0.4, -0.2) is 15.0 Å². The number of rotatable bonds is 5. The zero-order chi connectivity index (χ0) is 42.2. The molecule has 0 fully saturated rings. The molecule has 0 unspecified atom stereocenters. The number of hydrogen-bond acceptors (Lipinski definition) is 4. The van der Waals surface area contributed by atoms with Crippen LogP contribution in [0.3, 0.4) is 0 Å². The molecule has 2 aromatic heterocycles. The van der Waals surface area contributed by atoms with Gasteiger partial charge in [0, 0.05) is 48.2 Å². The summed E-state index contributed by atoms with van der Waals surface area (Å²) in [5.74, 6) is 0.695. The van der Waals surface area contributed by atoms with E-state index in [-0.39, 0.29) is 0 Å². The molecule has 3 heterocycles. The van der Waals surface area contributed by atoms with E-state index in [1.165, 1.54) is 59.7 Å². The highest BCUT2D eigenvalue weighted by molar-refractivity contribution is 7.99. The van der Waals surface area contributed by atoms with Crippen molar-refractivity contribution in [3.05, 3.63) is 247 Å². The van der Waals surface area contributed by atoms with Gasteiger partial charge in [-0.25, -0.2) is 15.0 Å². The van der Waals surface area contributed by atoms with Gasteiger partial charge in [-0.3, -0.25) is 0 Å². The van der Waals surface area contributed by atoms with Crippen LogP contribution in [0.4, 0.5) is 0 Å². The third-order valence-corrected chi connectivity index (χ3v) is 14.4. The lowest BCUT2D eigenvalue weighted by Gasteiger charge is -2.40. The summed E-state index contributed by atoms with van der Waals surface area (Å²) in [7, 11) is 0. The molecule has 0 saturated carbocycles. The standard InChI is InChI=1S/C60H37N3S/c1-3-15-38(16-4-1)39-27-29-40(30-28-39)53-37-54(63-59(62-53)43-17-5-2-6-18-43)41-31-33-42(34-32-41)57-47-35-36-51-58(56(47)46-21-9-13-25-52(46)61-57)64-55-26-14-12-24-50(55)60(51)48-22-10-7-19-44(48)45-20-8-11-23-49(45)60/h1-37H. The largest absolute Gasteiger partial charge is 0.247 e. The van der Waals surface area contributed by atoms with E-state index in [2.05, 4.69) is 200 Å². The van der Waals surface area contributed by atoms with Crippen LogP contribution >= 0.6 is 11.8 Å². The molecule has 0 saturated heterocycles. The molecule has 9 aromatic carbocycles. The van der Waals surface area contributed by atoms with E-state index in [9.17, 15) is 0 Å². The quantitative estimate of drug-likeness (QED) is 0.162. The molecule has 0 bridgehead atoms. The van der Waals surface area contributed by atoms with E-state index in [1.807, 2.05) is 36.0 Å². The molecule has 4 heteroatoms. The molecule has 1 aliphatic carbocycles. The second-order valence-electron chi connectivity index (χ2n) is 16.6. The minimum atomic E-state index is -0.455. The van der Waals surface area contributed by atoms with Crippen LogP contribution in [0.1, 0.15) is 22.3 Å². The lowest BCUT2D eigenvalue weighted by Crippen LogP contribution is -2.32. The second kappa shape index (κ2) is 14.6. The molecule has 1 aliphatic heterocycles. The summed E-state index contributed by atoms with van der Waals surface area (Å²) in [6.07, 6.45) is 0. The van der Waals surface area contributed by atoms with Crippen molar-refractivity contribution in [1.29, 1.82) is 0 Å². The third-order valence-electron chi connectivity index (χ3n) is 13.2. The third kappa shape index (κ3) is 5.59. The summed E-state index contributed by atoms with van der Waals surface area (Å²) in [5.41, 5.74) is 17.6. The van der Waals surface area contributed by atoms with Gasteiger partial charge in [0.1, 0.15) is 0 Å². The SMILES string of the molecule is c1ccc(-c2ccc(-c3cc(-c4ccc(-c5nc6ccccc6c6c7c(ccc56)C5(c6ccccc6S7)c6ccccc6-c6ccccc65)cc4)nc(-c4ccccc4)n3)cc2)cc1. The highest BCUT2D eigenvalue weighted by Gasteiger charge is 2.50. The molecule has 0 N–H and O–H groups in total. The predicted octanol–water partition coefficient (Wildman–Crippen LogP) is 15.3. The van der Waals surface area contributed by atoms with Gasteiger partial charge in [-0.1, -0.05) is 218 Å². The van der Waals surface area contributed by atoms with Crippen LogP contribution in [0.25, 0.3) is 89.1 Å². The van der Waals surface area contributed by atoms with Crippen molar-refractivity contribution in [3.63, 3.8) is 0 Å². The van der Waals surface area contributed by atoms with E-state index >= 15 is 0 Å². The van der Waals surface area contributed by atoms with Gasteiger partial charge in [0.15, 0.2) is 5.82 Å². The van der Waals surface area contributed by atoms with Crippen LogP contribution in [0.2, 0.25) is 0 Å². The van der Waals surface area contributed by atoms with Gasteiger partial charge in [0.25, 0.3) is 0 Å². The Morgan fingerprint density at radius 3 is 1.53 bits per heavy atom. The summed E-state index contributed by atoms with van der Waals surface area (Å²) in [6, 6.07) is 80.7. The second-order valence-corrected chi connectivity index (χ2v) is 17.7. The van der Waals surface area contributed by atoms with Crippen molar-refractivity contribution in [2.75, 3.05) is 0 Å². The lowest BCUT2D eigenvalue weighted by molar-refractivity contribution is 0.726. The molecule has 0 amide bonds. The molecule has 298 valence electrons. The van der Waals surface area contributed by atoms with E-state index in [1.54, 1.807) is 0 Å². The molecule has 13 rings (SSSR count). The molecule has 0 atom stereocenters. The Morgan fingerprint density at radius 2 is 0.859 bits per heavy atom. The first-order valence-corrected chi connectivity index (χ1v) is 22.6. The first kappa shape index (κ1) is 36.7. The fourth-order valence-corrected chi connectivity index (χ4v) is 11.6. The number of aromatic nitrogens is 3. The molecule has 1 spiro atoms. The molecular formula is C60H37N3S. The van der Waals surface area contributed by atoms with Gasteiger partial charge in [-0.05, 0) is 62.7 Å². The molecule has 3 nitrogen and oxygen atoms in total. The number of pyridine rings is 1. The van der Waals surface area contributed by atoms with Crippen molar-refractivity contribution < 1.29 is 0 Å². The predicted molar refractivity (Wildman–Crippen MR) is 263 cm³/mol. The molecular weight excluding hydrogens is 795 g/mol. The van der Waals surface area contributed by atoms with E-state index in [0.717, 1.165) is 55.6 Å². The Morgan fingerprint density at radius 1 is 0.344 bits per heavy atom. The Labute approximate surface area is 375 Å². The number of para-hydroxylation sites is 1. The molecule has 64 heavy (non-hydrogen) atoms. The Bertz CT molecular complexity index is 3570. The van der Waals surface area contributed by atoms with Crippen LogP contribution in [0, 0.1) is 0 Å². The van der Waals surface area contributed by atoms with E-state index < -0.39 is 5.41 Å². The van der Waals surface area contributed by atoms with Gasteiger partial charge in [0.2, 0.25) is 0 Å². The minimum Gasteiger partial charge on any atom is -0.247 e. The maximum atomic E-state index is 5.43. The van der Waals surface area contributed by atoms with Gasteiger partial charge in [-0.15, -0.1) is 0 Å². The van der Waals surface area contributed by atoms with Gasteiger partial charge in [-0.2, -0.15) is 0 Å². The summed E-state index contributed by atoms with van der Waals surface area (Å²) in [5, 5.41) is 3.55. The monoisotopic (exact) mass is 831 g/mol. The summed E-state index contributed by atoms with van der Waals surface area (Å²) >= 11 is 1.90. The van der Waals surface area contributed by atoms with Crippen molar-refractivity contribution in [2.45, 2.75) is 15.2 Å². The van der Waals surface area contributed by atoms with Crippen molar-refractivity contribution in [1.82, 2.24) is 15.0 Å². The van der Waals surface area contributed by atoms with Gasteiger partial charge < -0.3 is 0 Å². The van der Waals surface area contributed by atoms with Gasteiger partial charge >= 0.3 is 0 Å². The topological polar surface area (TPSA) is 38.7 Å². The van der Waals surface area contributed by atoms with Crippen molar-refractivity contribution >= 4 is 33.4 Å². The van der Waals surface area contributed by atoms with Crippen LogP contribution in [0.5, 0.6) is 0 Å². The Balaban J connectivity index is 0.969. The maximum Gasteiger partial charge on any atom is 0.160 e. The first-order valence-electron chi connectivity index (χ1n) is 21.8. The van der Waals surface area contributed by atoms with E-state index in [4.69, 9.17) is 15.0 Å². The lowest BCUT2D eigenvalue weighted by atomic mass is 9.67. The smallest absolute Gasteiger partial charge is 0.160 e. The van der Waals surface area contributed by atoms with Crippen LogP contribution in [-0.2, 0) is 5.41 Å². The summed E-state index contributed by atoms with van der Waals surface area (Å²) in [6.45, 7) is 0. The minimum absolute atomic E-state index is 0.455. The van der Waals surface area contributed by atoms with Gasteiger partial charge in [0.05, 0.1) is 28.0 Å². The zero-order valence-corrected chi connectivity index (χ0v) is 35.4. The highest BCUT2D eigenvalue weighted by atomic mass is 32.2. The Hall–Kier alpha value is -7.92. The number of hydrogen-bond donors (Lipinski definition) is 0. The first-order chi connectivity index (χ1) is 31.7.